The van der Waals surface area contributed by atoms with Crippen molar-refractivity contribution in [3.63, 3.8) is 0 Å². The summed E-state index contributed by atoms with van der Waals surface area (Å²) < 4.78 is 41.9. The van der Waals surface area contributed by atoms with E-state index in [2.05, 4.69) is 20.7 Å². The van der Waals surface area contributed by atoms with E-state index >= 15 is 0 Å². The predicted molar refractivity (Wildman–Crippen MR) is 49.2 cm³/mol. The molecular weight excluding hydrogens is 262 g/mol. The maximum Gasteiger partial charge on any atom is 0.343 e. The highest BCUT2D eigenvalue weighted by atomic mass is 32.3. The lowest BCUT2D eigenvalue weighted by Crippen LogP contribution is -2.42. The maximum atomic E-state index is 11.5. The van der Waals surface area contributed by atoms with Gasteiger partial charge in [-0.25, -0.2) is 24.0 Å². The molecule has 0 saturated heterocycles. The summed E-state index contributed by atoms with van der Waals surface area (Å²) >= 11 is -3.13. The van der Waals surface area contributed by atoms with E-state index < -0.39 is 36.2 Å². The summed E-state index contributed by atoms with van der Waals surface area (Å²) in [5.74, 6) is 0. The molecule has 1 aromatic rings. The van der Waals surface area contributed by atoms with Gasteiger partial charge in [0.1, 0.15) is 12.7 Å². The number of sulfonamides is 1. The van der Waals surface area contributed by atoms with Crippen molar-refractivity contribution >= 4 is 27.3 Å². The summed E-state index contributed by atoms with van der Waals surface area (Å²) in [5.41, 5.74) is 4.64. The minimum atomic E-state index is -4.65. The fourth-order valence-electron chi connectivity index (χ4n) is 0.715. The van der Waals surface area contributed by atoms with Crippen LogP contribution in [0.25, 0.3) is 0 Å². The first-order valence-electron chi connectivity index (χ1n) is 3.45. The molecule has 0 radical (unpaired) electrons. The van der Waals surface area contributed by atoms with Gasteiger partial charge in [0, 0.05) is 0 Å². The number of amides is 2. The van der Waals surface area contributed by atoms with Gasteiger partial charge in [-0.3, -0.25) is 4.55 Å². The smallest absolute Gasteiger partial charge is 0.343 e. The lowest BCUT2D eigenvalue weighted by atomic mass is 11.1. The monoisotopic (exact) mass is 267 g/mol. The summed E-state index contributed by atoms with van der Waals surface area (Å²) in [7, 11) is -4.65. The Morgan fingerprint density at radius 1 is 1.44 bits per heavy atom. The first kappa shape index (κ1) is 12.4. The van der Waals surface area contributed by atoms with Gasteiger partial charge in [0.25, 0.3) is 16.4 Å². The average Bonchev–Trinajstić information content (AvgIpc) is 2.17. The molecule has 0 aromatic carbocycles. The van der Waals surface area contributed by atoms with Crippen molar-refractivity contribution in [2.24, 2.45) is 5.73 Å². The van der Waals surface area contributed by atoms with E-state index in [1.165, 1.54) is 0 Å². The summed E-state index contributed by atoms with van der Waals surface area (Å²) in [5, 5.41) is -0.858. The maximum absolute atomic E-state index is 11.5. The molecule has 0 fully saturated rings. The third-order valence-electron chi connectivity index (χ3n) is 1.24. The summed E-state index contributed by atoms with van der Waals surface area (Å²) in [6.45, 7) is 0. The van der Waals surface area contributed by atoms with Crippen LogP contribution in [0.2, 0.25) is 0 Å². The molecule has 0 aliphatic rings. The SMILES string of the molecule is NC(=O)N(S(=O)O)S(=O)(=O)c1ncncn1. The van der Waals surface area contributed by atoms with Gasteiger partial charge in [-0.15, -0.1) is 3.71 Å². The van der Waals surface area contributed by atoms with Crippen molar-refractivity contribution in [1.29, 1.82) is 0 Å². The van der Waals surface area contributed by atoms with Crippen LogP contribution in [0.5, 0.6) is 0 Å². The second-order valence-electron chi connectivity index (χ2n) is 2.22. The van der Waals surface area contributed by atoms with Crippen LogP contribution < -0.4 is 5.73 Å². The van der Waals surface area contributed by atoms with Crippen molar-refractivity contribution in [1.82, 2.24) is 18.7 Å². The standard InChI is InChI=1S/C4H5N5O5S2/c5-3(10)9(15(11)12)16(13,14)4-7-1-6-2-8-4/h1-2H,(H2,5,10)(H,11,12). The number of carbonyl (C=O) groups excluding carboxylic acids is 1. The van der Waals surface area contributed by atoms with Gasteiger partial charge in [0.2, 0.25) is 0 Å². The van der Waals surface area contributed by atoms with E-state index in [0.29, 0.717) is 0 Å². The Kier molecular flexibility index (Phi) is 3.46. The molecule has 1 rings (SSSR count). The minimum Gasteiger partial charge on any atom is -0.350 e. The van der Waals surface area contributed by atoms with Crippen molar-refractivity contribution in [2.75, 3.05) is 0 Å². The van der Waals surface area contributed by atoms with Crippen LogP contribution in [0, 0.1) is 0 Å². The topological polar surface area (TPSA) is 156 Å². The van der Waals surface area contributed by atoms with Gasteiger partial charge < -0.3 is 5.73 Å². The molecule has 1 heterocycles. The number of primary amides is 1. The molecule has 12 heteroatoms. The minimum absolute atomic E-state index is 0.456. The summed E-state index contributed by atoms with van der Waals surface area (Å²) in [6.07, 6.45) is 1.69. The Morgan fingerprint density at radius 2 is 1.94 bits per heavy atom. The van der Waals surface area contributed by atoms with Crippen LogP contribution in [0.1, 0.15) is 0 Å². The number of urea groups is 1. The number of nitrogens with two attached hydrogens (primary N) is 1. The van der Waals surface area contributed by atoms with Gasteiger partial charge in [0.05, 0.1) is 0 Å². The third kappa shape index (κ3) is 2.29. The van der Waals surface area contributed by atoms with Gasteiger partial charge in [-0.2, -0.15) is 8.42 Å². The van der Waals surface area contributed by atoms with Crippen molar-refractivity contribution in [2.45, 2.75) is 5.16 Å². The van der Waals surface area contributed by atoms with Crippen LogP contribution in [0.4, 0.5) is 4.79 Å². The molecule has 1 aromatic heterocycles. The molecule has 88 valence electrons. The van der Waals surface area contributed by atoms with E-state index in [0.717, 1.165) is 12.7 Å². The highest BCUT2D eigenvalue weighted by Gasteiger charge is 2.35. The molecule has 0 spiro atoms. The van der Waals surface area contributed by atoms with E-state index in [-0.39, 0.29) is 0 Å². The molecule has 16 heavy (non-hydrogen) atoms. The molecule has 0 aliphatic carbocycles. The van der Waals surface area contributed by atoms with E-state index in [1.54, 1.807) is 0 Å². The third-order valence-corrected chi connectivity index (χ3v) is 3.96. The molecule has 0 bridgehead atoms. The zero-order valence-corrected chi connectivity index (χ0v) is 9.05. The lowest BCUT2D eigenvalue weighted by Gasteiger charge is -2.13. The first-order valence-corrected chi connectivity index (χ1v) is 5.95. The second-order valence-corrected chi connectivity index (χ2v) is 4.96. The fraction of sp³-hybridized carbons (Fsp3) is 0. The van der Waals surface area contributed by atoms with Gasteiger partial charge in [-0.1, -0.05) is 0 Å². The van der Waals surface area contributed by atoms with Gasteiger partial charge in [-0.05, 0) is 0 Å². The van der Waals surface area contributed by atoms with Crippen LogP contribution in [0.3, 0.4) is 0 Å². The molecule has 0 saturated carbocycles. The Labute approximate surface area is 92.0 Å². The highest BCUT2D eigenvalue weighted by molar-refractivity contribution is 8.00. The predicted octanol–water partition coefficient (Wildman–Crippen LogP) is -1.92. The summed E-state index contributed by atoms with van der Waals surface area (Å²) in [6, 6.07) is -1.62. The molecule has 1 atom stereocenters. The molecule has 0 aliphatic heterocycles. The Hall–Kier alpha value is -1.66. The first-order chi connectivity index (χ1) is 7.37. The van der Waals surface area contributed by atoms with E-state index in [1.807, 2.05) is 0 Å². The number of carbonyl (C=O) groups is 1. The quantitative estimate of drug-likeness (QED) is 0.600. The molecule has 1 unspecified atom stereocenters. The van der Waals surface area contributed by atoms with E-state index in [4.69, 9.17) is 4.55 Å². The van der Waals surface area contributed by atoms with Gasteiger partial charge >= 0.3 is 16.1 Å². The fourth-order valence-corrected chi connectivity index (χ4v) is 2.49. The normalized spacial score (nSPS) is 13.1. The molecular formula is C4H5N5O5S2. The number of hydrogen-bond donors (Lipinski definition) is 2. The lowest BCUT2D eigenvalue weighted by molar-refractivity contribution is 0.243. The van der Waals surface area contributed by atoms with Crippen LogP contribution in [0.15, 0.2) is 17.8 Å². The van der Waals surface area contributed by atoms with Crippen LogP contribution >= 0.6 is 0 Å². The zero-order chi connectivity index (χ0) is 12.3. The molecule has 10 nitrogen and oxygen atoms in total. The molecule has 2 amide bonds. The largest absolute Gasteiger partial charge is 0.350 e. The van der Waals surface area contributed by atoms with Crippen LogP contribution in [-0.2, 0) is 21.3 Å². The van der Waals surface area contributed by atoms with E-state index in [9.17, 15) is 17.4 Å². The number of rotatable bonds is 3. The van der Waals surface area contributed by atoms with Crippen molar-refractivity contribution < 1.29 is 22.0 Å². The van der Waals surface area contributed by atoms with Gasteiger partial charge in [0.15, 0.2) is 0 Å². The average molecular weight is 267 g/mol. The van der Waals surface area contributed by atoms with Crippen LogP contribution in [-0.4, -0.2) is 41.9 Å². The van der Waals surface area contributed by atoms with Crippen molar-refractivity contribution in [3.05, 3.63) is 12.7 Å². The highest BCUT2D eigenvalue weighted by Crippen LogP contribution is 2.10. The second kappa shape index (κ2) is 4.46. The number of aromatic nitrogens is 3. The summed E-state index contributed by atoms with van der Waals surface area (Å²) in [4.78, 5) is 20.5. The number of nitrogens with zero attached hydrogens (tertiary/aromatic N) is 4. The Morgan fingerprint density at radius 3 is 2.31 bits per heavy atom. The number of hydrogen-bond acceptors (Lipinski definition) is 7. The Balaban J connectivity index is 3.31. The van der Waals surface area contributed by atoms with Crippen molar-refractivity contribution in [3.8, 4) is 0 Å². The molecule has 3 N–H and O–H groups in total. The zero-order valence-electron chi connectivity index (χ0n) is 7.42. The Bertz CT molecular complexity index is 501.